The number of carbonyl (C=O) groups excluding carboxylic acids is 2. The van der Waals surface area contributed by atoms with Crippen molar-refractivity contribution in [2.45, 2.75) is 13.8 Å². The van der Waals surface area contributed by atoms with Crippen LogP contribution in [0, 0.1) is 5.92 Å². The lowest BCUT2D eigenvalue weighted by atomic mass is 10.2. The molecule has 1 aromatic carbocycles. The van der Waals surface area contributed by atoms with Gasteiger partial charge in [0.25, 0.3) is 0 Å². The first-order valence-corrected chi connectivity index (χ1v) is 7.16. The molecule has 6 heteroatoms. The standard InChI is InChI=1S/C15H22N4O2/c1-11(2)9-17-14(20)10-18-7-8-19(15(18)21)13-5-3-12(16)4-6-13/h3-6,11H,7-10,16H2,1-2H3,(H,17,20). The van der Waals surface area contributed by atoms with E-state index in [1.165, 1.54) is 0 Å². The molecule has 1 aliphatic heterocycles. The van der Waals surface area contributed by atoms with Crippen LogP contribution < -0.4 is 16.0 Å². The number of carbonyl (C=O) groups is 2. The summed E-state index contributed by atoms with van der Waals surface area (Å²) in [5, 5.41) is 2.82. The highest BCUT2D eigenvalue weighted by molar-refractivity contribution is 5.96. The Morgan fingerprint density at radius 1 is 1.29 bits per heavy atom. The van der Waals surface area contributed by atoms with E-state index in [0.29, 0.717) is 31.2 Å². The Balaban J connectivity index is 1.92. The summed E-state index contributed by atoms with van der Waals surface area (Å²) in [6.07, 6.45) is 0. The molecule has 0 radical (unpaired) electrons. The SMILES string of the molecule is CC(C)CNC(=O)CN1CCN(c2ccc(N)cc2)C1=O. The van der Waals surface area contributed by atoms with E-state index in [1.54, 1.807) is 21.9 Å². The van der Waals surface area contributed by atoms with Gasteiger partial charge in [-0.1, -0.05) is 13.8 Å². The molecule has 114 valence electrons. The predicted molar refractivity (Wildman–Crippen MR) is 83.0 cm³/mol. The summed E-state index contributed by atoms with van der Waals surface area (Å²) in [5.41, 5.74) is 7.11. The molecular formula is C15H22N4O2. The van der Waals surface area contributed by atoms with Crippen molar-refractivity contribution >= 4 is 23.3 Å². The van der Waals surface area contributed by atoms with Gasteiger partial charge >= 0.3 is 6.03 Å². The third-order valence-corrected chi connectivity index (χ3v) is 3.34. The summed E-state index contributed by atoms with van der Waals surface area (Å²) in [6.45, 7) is 5.94. The van der Waals surface area contributed by atoms with Gasteiger partial charge < -0.3 is 16.0 Å². The first kappa shape index (κ1) is 15.2. The fraction of sp³-hybridized carbons (Fsp3) is 0.467. The number of amides is 3. The van der Waals surface area contributed by atoms with Crippen LogP contribution in [0.1, 0.15) is 13.8 Å². The van der Waals surface area contributed by atoms with E-state index < -0.39 is 0 Å². The van der Waals surface area contributed by atoms with Crippen LogP contribution >= 0.6 is 0 Å². The van der Waals surface area contributed by atoms with E-state index in [-0.39, 0.29) is 18.5 Å². The van der Waals surface area contributed by atoms with Crippen LogP contribution in [0.3, 0.4) is 0 Å². The lowest BCUT2D eigenvalue weighted by molar-refractivity contribution is -0.121. The van der Waals surface area contributed by atoms with Crippen LogP contribution in [0.5, 0.6) is 0 Å². The number of nitrogens with two attached hydrogens (primary N) is 1. The van der Waals surface area contributed by atoms with Gasteiger partial charge in [-0.3, -0.25) is 9.69 Å². The second-order valence-corrected chi connectivity index (χ2v) is 5.65. The highest BCUT2D eigenvalue weighted by Gasteiger charge is 2.30. The van der Waals surface area contributed by atoms with Gasteiger partial charge in [0.05, 0.1) is 0 Å². The normalized spacial score (nSPS) is 14.9. The molecule has 0 spiro atoms. The molecule has 1 saturated heterocycles. The van der Waals surface area contributed by atoms with E-state index in [9.17, 15) is 9.59 Å². The molecule has 0 aromatic heterocycles. The highest BCUT2D eigenvalue weighted by Crippen LogP contribution is 2.21. The number of nitrogens with zero attached hydrogens (tertiary/aromatic N) is 2. The molecule has 3 amide bonds. The first-order valence-electron chi connectivity index (χ1n) is 7.16. The predicted octanol–water partition coefficient (Wildman–Crippen LogP) is 1.28. The minimum atomic E-state index is -0.139. The molecule has 21 heavy (non-hydrogen) atoms. The lowest BCUT2D eigenvalue weighted by Crippen LogP contribution is -2.40. The van der Waals surface area contributed by atoms with Gasteiger partial charge in [0.2, 0.25) is 5.91 Å². The van der Waals surface area contributed by atoms with Crippen molar-refractivity contribution in [2.24, 2.45) is 5.92 Å². The van der Waals surface area contributed by atoms with Crippen molar-refractivity contribution in [1.82, 2.24) is 10.2 Å². The molecule has 0 bridgehead atoms. The Morgan fingerprint density at radius 3 is 2.57 bits per heavy atom. The third-order valence-electron chi connectivity index (χ3n) is 3.34. The summed E-state index contributed by atoms with van der Waals surface area (Å²) < 4.78 is 0. The summed E-state index contributed by atoms with van der Waals surface area (Å²) in [5.74, 6) is 0.283. The zero-order valence-electron chi connectivity index (χ0n) is 12.5. The molecule has 0 unspecified atom stereocenters. The van der Waals surface area contributed by atoms with E-state index in [1.807, 2.05) is 26.0 Å². The topological polar surface area (TPSA) is 78.7 Å². The van der Waals surface area contributed by atoms with Crippen LogP contribution in [0.25, 0.3) is 0 Å². The van der Waals surface area contributed by atoms with Crippen molar-refractivity contribution in [3.63, 3.8) is 0 Å². The van der Waals surface area contributed by atoms with Crippen LogP contribution in [0.4, 0.5) is 16.2 Å². The van der Waals surface area contributed by atoms with E-state index in [4.69, 9.17) is 5.73 Å². The summed E-state index contributed by atoms with van der Waals surface area (Å²) in [4.78, 5) is 27.3. The lowest BCUT2D eigenvalue weighted by Gasteiger charge is -2.18. The number of rotatable bonds is 5. The monoisotopic (exact) mass is 290 g/mol. The highest BCUT2D eigenvalue weighted by atomic mass is 16.2. The maximum Gasteiger partial charge on any atom is 0.325 e. The van der Waals surface area contributed by atoms with Gasteiger partial charge in [0, 0.05) is 31.0 Å². The Bertz CT molecular complexity index is 513. The van der Waals surface area contributed by atoms with Gasteiger partial charge in [-0.05, 0) is 30.2 Å². The fourth-order valence-corrected chi connectivity index (χ4v) is 2.17. The smallest absolute Gasteiger partial charge is 0.325 e. The molecule has 0 atom stereocenters. The Morgan fingerprint density at radius 2 is 1.95 bits per heavy atom. The third kappa shape index (κ3) is 3.87. The maximum atomic E-state index is 12.3. The second kappa shape index (κ2) is 6.47. The zero-order valence-corrected chi connectivity index (χ0v) is 12.5. The number of nitrogens with one attached hydrogen (secondary N) is 1. The zero-order chi connectivity index (χ0) is 15.4. The molecule has 1 fully saturated rings. The molecule has 1 heterocycles. The minimum Gasteiger partial charge on any atom is -0.399 e. The van der Waals surface area contributed by atoms with Gasteiger partial charge in [0.1, 0.15) is 6.54 Å². The van der Waals surface area contributed by atoms with Gasteiger partial charge in [-0.15, -0.1) is 0 Å². The number of urea groups is 1. The van der Waals surface area contributed by atoms with Crippen LogP contribution in [-0.4, -0.2) is 43.0 Å². The molecule has 0 aliphatic carbocycles. The average Bonchev–Trinajstić information content (AvgIpc) is 2.79. The van der Waals surface area contributed by atoms with E-state index in [2.05, 4.69) is 5.32 Å². The van der Waals surface area contributed by atoms with Crippen molar-refractivity contribution in [1.29, 1.82) is 0 Å². The van der Waals surface area contributed by atoms with Crippen LogP contribution in [0.15, 0.2) is 24.3 Å². The Kier molecular flexibility index (Phi) is 4.67. The van der Waals surface area contributed by atoms with Crippen molar-refractivity contribution in [2.75, 3.05) is 36.8 Å². The van der Waals surface area contributed by atoms with Crippen molar-refractivity contribution < 1.29 is 9.59 Å². The molecule has 1 aliphatic rings. The molecule has 3 N–H and O–H groups in total. The summed E-state index contributed by atoms with van der Waals surface area (Å²) in [7, 11) is 0. The summed E-state index contributed by atoms with van der Waals surface area (Å²) in [6, 6.07) is 7.02. The number of nitrogen functional groups attached to an aromatic ring is 1. The molecule has 1 aromatic rings. The van der Waals surface area contributed by atoms with Crippen molar-refractivity contribution in [3.05, 3.63) is 24.3 Å². The number of hydrogen-bond acceptors (Lipinski definition) is 3. The molecule has 0 saturated carbocycles. The number of hydrogen-bond donors (Lipinski definition) is 2. The Labute approximate surface area is 124 Å². The van der Waals surface area contributed by atoms with Gasteiger partial charge in [0.15, 0.2) is 0 Å². The largest absolute Gasteiger partial charge is 0.399 e. The van der Waals surface area contributed by atoms with Crippen LogP contribution in [0.2, 0.25) is 0 Å². The number of benzene rings is 1. The van der Waals surface area contributed by atoms with Crippen LogP contribution in [-0.2, 0) is 4.79 Å². The van der Waals surface area contributed by atoms with Gasteiger partial charge in [-0.2, -0.15) is 0 Å². The summed E-state index contributed by atoms with van der Waals surface area (Å²) >= 11 is 0. The number of anilines is 2. The quantitative estimate of drug-likeness (QED) is 0.802. The van der Waals surface area contributed by atoms with Gasteiger partial charge in [-0.25, -0.2) is 4.79 Å². The molecular weight excluding hydrogens is 268 g/mol. The minimum absolute atomic E-state index is 0.108. The average molecular weight is 290 g/mol. The fourth-order valence-electron chi connectivity index (χ4n) is 2.17. The van der Waals surface area contributed by atoms with E-state index >= 15 is 0 Å². The molecule has 2 rings (SSSR count). The molecule has 6 nitrogen and oxygen atoms in total. The Hall–Kier alpha value is -2.24. The maximum absolute atomic E-state index is 12.3. The van der Waals surface area contributed by atoms with E-state index in [0.717, 1.165) is 5.69 Å². The van der Waals surface area contributed by atoms with Crippen molar-refractivity contribution in [3.8, 4) is 0 Å². The first-order chi connectivity index (χ1) is 9.97. The second-order valence-electron chi connectivity index (χ2n) is 5.65.